The number of hydrogen-bond donors (Lipinski definition) is 3. The number of ether oxygens (including phenoxy) is 1. The molecule has 132 valence electrons. The average Bonchev–Trinajstić information content (AvgIpc) is 3.08. The van der Waals surface area contributed by atoms with Gasteiger partial charge in [0, 0.05) is 17.1 Å². The number of carbonyl (C=O) groups is 1. The summed E-state index contributed by atoms with van der Waals surface area (Å²) >= 11 is 6.08. The van der Waals surface area contributed by atoms with Gasteiger partial charge in [-0.15, -0.1) is 0 Å². The Morgan fingerprint density at radius 2 is 2.00 bits per heavy atom. The lowest BCUT2D eigenvalue weighted by Gasteiger charge is -2.15. The summed E-state index contributed by atoms with van der Waals surface area (Å²) < 4.78 is 18.3. The number of amides is 1. The van der Waals surface area contributed by atoms with Gasteiger partial charge in [-0.3, -0.25) is 4.79 Å². The lowest BCUT2D eigenvalue weighted by molar-refractivity contribution is -0.117. The third kappa shape index (κ3) is 3.92. The molecule has 25 heavy (non-hydrogen) atoms. The van der Waals surface area contributed by atoms with Crippen molar-refractivity contribution in [2.75, 3.05) is 12.4 Å². The predicted molar refractivity (Wildman–Crippen MR) is 95.2 cm³/mol. The van der Waals surface area contributed by atoms with Crippen LogP contribution in [-0.4, -0.2) is 19.1 Å². The van der Waals surface area contributed by atoms with Crippen molar-refractivity contribution in [3.05, 3.63) is 58.4 Å². The first kappa shape index (κ1) is 17.7. The predicted octanol–water partition coefficient (Wildman–Crippen LogP) is 3.34. The molecule has 1 amide bonds. The van der Waals surface area contributed by atoms with Gasteiger partial charge in [0.25, 0.3) is 0 Å². The lowest BCUT2D eigenvalue weighted by atomic mass is 10.0. The molecule has 3 N–H and O–H groups in total. The Hall–Kier alpha value is -2.15. The number of carbonyl (C=O) groups excluding carboxylic acids is 1. The molecule has 0 saturated carbocycles. The van der Waals surface area contributed by atoms with Gasteiger partial charge in [0.1, 0.15) is 17.6 Å². The molecule has 0 spiro atoms. The molecule has 2 aromatic rings. The van der Waals surface area contributed by atoms with Crippen LogP contribution in [0.2, 0.25) is 5.02 Å². The highest BCUT2D eigenvalue weighted by molar-refractivity contribution is 6.31. The molecule has 0 aromatic heterocycles. The number of hydrogen-bond acceptors (Lipinski definition) is 4. The molecule has 1 aliphatic heterocycles. The Labute approximate surface area is 150 Å². The molecule has 2 atom stereocenters. The minimum Gasteiger partial charge on any atom is -0.495 e. The Kier molecular flexibility index (Phi) is 5.22. The number of nitrogens with one attached hydrogen (secondary N) is 3. The summed E-state index contributed by atoms with van der Waals surface area (Å²) in [5.74, 6) is 0.0383. The van der Waals surface area contributed by atoms with E-state index in [4.69, 9.17) is 16.3 Å². The van der Waals surface area contributed by atoms with Crippen LogP contribution in [0.15, 0.2) is 36.4 Å². The molecule has 1 fully saturated rings. The molecular weight excluding hydrogens is 345 g/mol. The van der Waals surface area contributed by atoms with E-state index in [0.29, 0.717) is 22.9 Å². The fourth-order valence-corrected chi connectivity index (χ4v) is 2.95. The second kappa shape index (κ2) is 7.39. The molecule has 0 aliphatic carbocycles. The molecule has 0 radical (unpaired) electrons. The molecule has 1 aliphatic rings. The van der Waals surface area contributed by atoms with Gasteiger partial charge in [0.15, 0.2) is 0 Å². The standard InChI is InChI=1S/C18H19ClFN3O2/c1-10-7-15(17(25-2)8-13(10)19)21-18(24)16-9-14(22-23-16)11-3-5-12(20)6-4-11/h3-8,14,16,22-23H,9H2,1-2H3,(H,21,24). The highest BCUT2D eigenvalue weighted by atomic mass is 35.5. The van der Waals surface area contributed by atoms with Crippen LogP contribution in [0.3, 0.4) is 0 Å². The first-order valence-electron chi connectivity index (χ1n) is 7.89. The van der Waals surface area contributed by atoms with Crippen LogP contribution in [0.1, 0.15) is 23.6 Å². The number of hydrazine groups is 1. The second-order valence-electron chi connectivity index (χ2n) is 5.97. The number of anilines is 1. The summed E-state index contributed by atoms with van der Waals surface area (Å²) in [5, 5.41) is 3.44. The second-order valence-corrected chi connectivity index (χ2v) is 6.38. The number of benzene rings is 2. The highest BCUT2D eigenvalue weighted by Gasteiger charge is 2.30. The van der Waals surface area contributed by atoms with Crippen LogP contribution in [0.5, 0.6) is 5.75 Å². The zero-order chi connectivity index (χ0) is 18.0. The van der Waals surface area contributed by atoms with Gasteiger partial charge in [-0.25, -0.2) is 15.2 Å². The molecule has 1 heterocycles. The summed E-state index contributed by atoms with van der Waals surface area (Å²) in [6, 6.07) is 9.20. The van der Waals surface area contributed by atoms with Gasteiger partial charge in [0.05, 0.1) is 12.8 Å². The quantitative estimate of drug-likeness (QED) is 0.779. The van der Waals surface area contributed by atoms with Crippen molar-refractivity contribution in [1.29, 1.82) is 0 Å². The van der Waals surface area contributed by atoms with Crippen LogP contribution in [0.4, 0.5) is 10.1 Å². The summed E-state index contributed by atoms with van der Waals surface area (Å²) in [6.07, 6.45) is 0.548. The van der Waals surface area contributed by atoms with Gasteiger partial charge in [-0.05, 0) is 42.7 Å². The molecule has 1 saturated heterocycles. The van der Waals surface area contributed by atoms with Crippen molar-refractivity contribution in [3.8, 4) is 5.75 Å². The maximum atomic E-state index is 13.0. The third-order valence-electron chi connectivity index (χ3n) is 4.23. The fourth-order valence-electron chi connectivity index (χ4n) is 2.79. The molecule has 5 nitrogen and oxygen atoms in total. The SMILES string of the molecule is COc1cc(Cl)c(C)cc1NC(=O)C1CC(c2ccc(F)cc2)NN1. The summed E-state index contributed by atoms with van der Waals surface area (Å²) in [6.45, 7) is 1.86. The molecular formula is C18H19ClFN3O2. The maximum absolute atomic E-state index is 13.0. The zero-order valence-electron chi connectivity index (χ0n) is 13.9. The lowest BCUT2D eigenvalue weighted by Crippen LogP contribution is -2.39. The monoisotopic (exact) mass is 363 g/mol. The molecule has 0 bridgehead atoms. The molecule has 7 heteroatoms. The molecule has 2 aromatic carbocycles. The fraction of sp³-hybridized carbons (Fsp3) is 0.278. The van der Waals surface area contributed by atoms with Gasteiger partial charge in [-0.2, -0.15) is 0 Å². The number of aryl methyl sites for hydroxylation is 1. The minimum atomic E-state index is -0.421. The first-order chi connectivity index (χ1) is 12.0. The molecule has 3 rings (SSSR count). The van der Waals surface area contributed by atoms with Gasteiger partial charge >= 0.3 is 0 Å². The highest BCUT2D eigenvalue weighted by Crippen LogP contribution is 2.31. The van der Waals surface area contributed by atoms with Crippen molar-refractivity contribution in [1.82, 2.24) is 10.9 Å². The first-order valence-corrected chi connectivity index (χ1v) is 8.27. The number of rotatable bonds is 4. The van der Waals surface area contributed by atoms with Crippen molar-refractivity contribution >= 4 is 23.2 Å². The van der Waals surface area contributed by atoms with E-state index in [9.17, 15) is 9.18 Å². The number of methoxy groups -OCH3 is 1. The Bertz CT molecular complexity index is 783. The van der Waals surface area contributed by atoms with Crippen LogP contribution < -0.4 is 20.9 Å². The zero-order valence-corrected chi connectivity index (χ0v) is 14.7. The maximum Gasteiger partial charge on any atom is 0.243 e. The smallest absolute Gasteiger partial charge is 0.243 e. The minimum absolute atomic E-state index is 0.0646. The summed E-state index contributed by atoms with van der Waals surface area (Å²) in [5.41, 5.74) is 8.39. The van der Waals surface area contributed by atoms with Gasteiger partial charge in [0.2, 0.25) is 5.91 Å². The van der Waals surface area contributed by atoms with E-state index >= 15 is 0 Å². The van der Waals surface area contributed by atoms with E-state index in [1.54, 1.807) is 24.3 Å². The topological polar surface area (TPSA) is 62.4 Å². The number of halogens is 2. The van der Waals surface area contributed by atoms with Crippen molar-refractivity contribution < 1.29 is 13.9 Å². The van der Waals surface area contributed by atoms with Crippen molar-refractivity contribution in [3.63, 3.8) is 0 Å². The summed E-state index contributed by atoms with van der Waals surface area (Å²) in [4.78, 5) is 12.5. The average molecular weight is 364 g/mol. The van der Waals surface area contributed by atoms with E-state index in [2.05, 4.69) is 16.2 Å². The van der Waals surface area contributed by atoms with E-state index in [1.165, 1.54) is 19.2 Å². The van der Waals surface area contributed by atoms with Crippen LogP contribution >= 0.6 is 11.6 Å². The van der Waals surface area contributed by atoms with E-state index < -0.39 is 6.04 Å². The van der Waals surface area contributed by atoms with Crippen LogP contribution in [0, 0.1) is 12.7 Å². The van der Waals surface area contributed by atoms with Crippen LogP contribution in [0.25, 0.3) is 0 Å². The van der Waals surface area contributed by atoms with E-state index in [0.717, 1.165) is 11.1 Å². The Morgan fingerprint density at radius 1 is 1.28 bits per heavy atom. The third-order valence-corrected chi connectivity index (χ3v) is 4.64. The van der Waals surface area contributed by atoms with E-state index in [1.807, 2.05) is 6.92 Å². The largest absolute Gasteiger partial charge is 0.495 e. The molecule has 2 unspecified atom stereocenters. The Balaban J connectivity index is 1.69. The van der Waals surface area contributed by atoms with Crippen molar-refractivity contribution in [2.24, 2.45) is 0 Å². The van der Waals surface area contributed by atoms with Crippen molar-refractivity contribution in [2.45, 2.75) is 25.4 Å². The normalized spacial score (nSPS) is 19.7. The van der Waals surface area contributed by atoms with Gasteiger partial charge in [-0.1, -0.05) is 23.7 Å². The van der Waals surface area contributed by atoms with Gasteiger partial charge < -0.3 is 10.1 Å². The summed E-state index contributed by atoms with van der Waals surface area (Å²) in [7, 11) is 1.52. The van der Waals surface area contributed by atoms with Crippen LogP contribution in [-0.2, 0) is 4.79 Å². The Morgan fingerprint density at radius 3 is 2.68 bits per heavy atom. The van der Waals surface area contributed by atoms with E-state index in [-0.39, 0.29) is 17.8 Å².